The summed E-state index contributed by atoms with van der Waals surface area (Å²) in [6.07, 6.45) is 0. The number of para-hydroxylation sites is 1. The van der Waals surface area contributed by atoms with E-state index in [0.717, 1.165) is 15.8 Å². The predicted molar refractivity (Wildman–Crippen MR) is 61.3 cm³/mol. The standard InChI is InChI=1S/C11H7BrN2/c12-10-6-5-8-7-3-1-2-4-9(7)13-11(8)14-10/h1-6H,(H,13,14). The molecule has 3 aromatic rings. The van der Waals surface area contributed by atoms with Gasteiger partial charge in [-0.3, -0.25) is 0 Å². The van der Waals surface area contributed by atoms with Crippen molar-refractivity contribution in [1.29, 1.82) is 0 Å². The van der Waals surface area contributed by atoms with Crippen molar-refractivity contribution in [1.82, 2.24) is 9.97 Å². The summed E-state index contributed by atoms with van der Waals surface area (Å²) in [7, 11) is 0. The van der Waals surface area contributed by atoms with Crippen molar-refractivity contribution < 1.29 is 0 Å². The van der Waals surface area contributed by atoms with Crippen LogP contribution in [0.2, 0.25) is 0 Å². The van der Waals surface area contributed by atoms with Crippen LogP contribution in [0.5, 0.6) is 0 Å². The van der Waals surface area contributed by atoms with Crippen LogP contribution >= 0.6 is 15.9 Å². The van der Waals surface area contributed by atoms with Crippen LogP contribution in [0.25, 0.3) is 21.9 Å². The average Bonchev–Trinajstić information content (AvgIpc) is 2.54. The maximum atomic E-state index is 4.37. The molecule has 0 spiro atoms. The summed E-state index contributed by atoms with van der Waals surface area (Å²) in [5, 5.41) is 2.39. The van der Waals surface area contributed by atoms with Crippen molar-refractivity contribution in [2.45, 2.75) is 0 Å². The van der Waals surface area contributed by atoms with E-state index in [4.69, 9.17) is 0 Å². The minimum absolute atomic E-state index is 0.858. The monoisotopic (exact) mass is 246 g/mol. The van der Waals surface area contributed by atoms with Crippen molar-refractivity contribution in [3.8, 4) is 0 Å². The molecule has 14 heavy (non-hydrogen) atoms. The van der Waals surface area contributed by atoms with Crippen molar-refractivity contribution in [3.05, 3.63) is 41.0 Å². The number of halogens is 1. The lowest BCUT2D eigenvalue weighted by atomic mass is 10.2. The second kappa shape index (κ2) is 2.82. The molecule has 0 saturated heterocycles. The zero-order chi connectivity index (χ0) is 9.54. The third-order valence-corrected chi connectivity index (χ3v) is 2.77. The third kappa shape index (κ3) is 1.06. The first-order valence-corrected chi connectivity index (χ1v) is 5.17. The summed E-state index contributed by atoms with van der Waals surface area (Å²) in [5.74, 6) is 0. The Morgan fingerprint density at radius 2 is 1.86 bits per heavy atom. The highest BCUT2D eigenvalue weighted by Gasteiger charge is 2.03. The van der Waals surface area contributed by atoms with Gasteiger partial charge in [0.05, 0.1) is 0 Å². The zero-order valence-electron chi connectivity index (χ0n) is 7.29. The molecule has 3 rings (SSSR count). The molecular weight excluding hydrogens is 240 g/mol. The summed E-state index contributed by atoms with van der Waals surface area (Å²) in [6.45, 7) is 0. The normalized spacial score (nSPS) is 11.2. The molecule has 0 fully saturated rings. The van der Waals surface area contributed by atoms with Gasteiger partial charge >= 0.3 is 0 Å². The number of H-pyrrole nitrogens is 1. The molecule has 0 aliphatic carbocycles. The number of nitrogens with zero attached hydrogens (tertiary/aromatic N) is 1. The first-order chi connectivity index (χ1) is 6.84. The van der Waals surface area contributed by atoms with E-state index in [9.17, 15) is 0 Å². The Balaban J connectivity index is 2.57. The Hall–Kier alpha value is -1.35. The third-order valence-electron chi connectivity index (χ3n) is 2.33. The van der Waals surface area contributed by atoms with Gasteiger partial charge in [0.25, 0.3) is 0 Å². The summed E-state index contributed by atoms with van der Waals surface area (Å²) in [4.78, 5) is 7.65. The second-order valence-electron chi connectivity index (χ2n) is 3.20. The summed E-state index contributed by atoms with van der Waals surface area (Å²) in [6, 6.07) is 12.3. The van der Waals surface area contributed by atoms with Gasteiger partial charge in [-0.05, 0) is 34.1 Å². The number of fused-ring (bicyclic) bond motifs is 3. The van der Waals surface area contributed by atoms with Crippen LogP contribution in [0.15, 0.2) is 41.0 Å². The largest absolute Gasteiger partial charge is 0.339 e. The first-order valence-electron chi connectivity index (χ1n) is 4.37. The van der Waals surface area contributed by atoms with Crippen LogP contribution < -0.4 is 0 Å². The Morgan fingerprint density at radius 1 is 1.00 bits per heavy atom. The molecule has 68 valence electrons. The fourth-order valence-corrected chi connectivity index (χ4v) is 2.01. The maximum Gasteiger partial charge on any atom is 0.139 e. The topological polar surface area (TPSA) is 28.7 Å². The van der Waals surface area contributed by atoms with E-state index < -0.39 is 0 Å². The van der Waals surface area contributed by atoms with Crippen molar-refractivity contribution >= 4 is 37.9 Å². The van der Waals surface area contributed by atoms with Gasteiger partial charge in [-0.1, -0.05) is 18.2 Å². The van der Waals surface area contributed by atoms with E-state index in [0.29, 0.717) is 0 Å². The van der Waals surface area contributed by atoms with Gasteiger partial charge in [0.1, 0.15) is 10.3 Å². The highest BCUT2D eigenvalue weighted by Crippen LogP contribution is 2.24. The summed E-state index contributed by atoms with van der Waals surface area (Å²) in [5.41, 5.74) is 2.06. The van der Waals surface area contributed by atoms with Crippen LogP contribution in [0.1, 0.15) is 0 Å². The molecule has 0 amide bonds. The molecule has 0 aliphatic heterocycles. The number of aromatic amines is 1. The molecular formula is C11H7BrN2. The molecule has 0 unspecified atom stereocenters. The van der Waals surface area contributed by atoms with Gasteiger partial charge in [0, 0.05) is 16.3 Å². The molecule has 3 heteroatoms. The molecule has 0 bridgehead atoms. The van der Waals surface area contributed by atoms with E-state index in [-0.39, 0.29) is 0 Å². The smallest absolute Gasteiger partial charge is 0.139 e. The van der Waals surface area contributed by atoms with Crippen LogP contribution in [-0.4, -0.2) is 9.97 Å². The fourth-order valence-electron chi connectivity index (χ4n) is 1.70. The Bertz CT molecular complexity index is 613. The minimum Gasteiger partial charge on any atom is -0.339 e. The van der Waals surface area contributed by atoms with E-state index >= 15 is 0 Å². The SMILES string of the molecule is Brc1ccc2c(n1)[nH]c1ccccc12. The maximum absolute atomic E-state index is 4.37. The lowest BCUT2D eigenvalue weighted by Gasteiger charge is -1.90. The van der Waals surface area contributed by atoms with Gasteiger partial charge in [-0.2, -0.15) is 0 Å². The fraction of sp³-hybridized carbons (Fsp3) is 0. The van der Waals surface area contributed by atoms with Crippen molar-refractivity contribution in [3.63, 3.8) is 0 Å². The minimum atomic E-state index is 0.858. The molecule has 0 atom stereocenters. The number of pyridine rings is 1. The van der Waals surface area contributed by atoms with Gasteiger partial charge in [0.15, 0.2) is 0 Å². The average molecular weight is 247 g/mol. The molecule has 2 nitrogen and oxygen atoms in total. The lowest BCUT2D eigenvalue weighted by Crippen LogP contribution is -1.75. The number of hydrogen-bond acceptors (Lipinski definition) is 1. The molecule has 0 aliphatic rings. The number of rotatable bonds is 0. The zero-order valence-corrected chi connectivity index (χ0v) is 8.88. The van der Waals surface area contributed by atoms with E-state index in [2.05, 4.69) is 44.1 Å². The van der Waals surface area contributed by atoms with E-state index in [1.165, 1.54) is 10.8 Å². The first kappa shape index (κ1) is 8.00. The van der Waals surface area contributed by atoms with Gasteiger partial charge < -0.3 is 4.98 Å². The second-order valence-corrected chi connectivity index (χ2v) is 4.01. The molecule has 1 N–H and O–H groups in total. The van der Waals surface area contributed by atoms with E-state index in [1.807, 2.05) is 18.2 Å². The predicted octanol–water partition coefficient (Wildman–Crippen LogP) is 3.48. The van der Waals surface area contributed by atoms with Gasteiger partial charge in [-0.15, -0.1) is 0 Å². The Labute approximate surface area is 89.1 Å². The number of aromatic nitrogens is 2. The van der Waals surface area contributed by atoms with E-state index in [1.54, 1.807) is 0 Å². The molecule has 2 heterocycles. The lowest BCUT2D eigenvalue weighted by molar-refractivity contribution is 1.30. The quantitative estimate of drug-likeness (QED) is 0.605. The number of hydrogen-bond donors (Lipinski definition) is 1. The number of benzene rings is 1. The highest BCUT2D eigenvalue weighted by molar-refractivity contribution is 9.10. The van der Waals surface area contributed by atoms with Gasteiger partial charge in [0.2, 0.25) is 0 Å². The summed E-state index contributed by atoms with van der Waals surface area (Å²) < 4.78 is 0.858. The molecule has 0 radical (unpaired) electrons. The van der Waals surface area contributed by atoms with Crippen LogP contribution in [-0.2, 0) is 0 Å². The Kier molecular flexibility index (Phi) is 1.61. The van der Waals surface area contributed by atoms with Crippen LogP contribution in [0.3, 0.4) is 0 Å². The van der Waals surface area contributed by atoms with Crippen molar-refractivity contribution in [2.24, 2.45) is 0 Å². The number of nitrogens with one attached hydrogen (secondary N) is 1. The molecule has 2 aromatic heterocycles. The summed E-state index contributed by atoms with van der Waals surface area (Å²) >= 11 is 3.36. The van der Waals surface area contributed by atoms with Crippen molar-refractivity contribution in [2.75, 3.05) is 0 Å². The van der Waals surface area contributed by atoms with Crippen LogP contribution in [0.4, 0.5) is 0 Å². The van der Waals surface area contributed by atoms with Gasteiger partial charge in [-0.25, -0.2) is 4.98 Å². The highest BCUT2D eigenvalue weighted by atomic mass is 79.9. The molecule has 1 aromatic carbocycles. The Morgan fingerprint density at radius 3 is 2.79 bits per heavy atom. The van der Waals surface area contributed by atoms with Crippen LogP contribution in [0, 0.1) is 0 Å². The molecule has 0 saturated carbocycles.